The van der Waals surface area contributed by atoms with E-state index in [9.17, 15) is 4.39 Å². The molecule has 0 radical (unpaired) electrons. The van der Waals surface area contributed by atoms with Crippen molar-refractivity contribution in [3.05, 3.63) is 35.8 Å². The predicted octanol–water partition coefficient (Wildman–Crippen LogP) is 2.91. The standard InChI is InChI=1S/C20H29FN4/c1-23-9-6-16(7-10-23)25-11-8-17(14-25)24(2)13-15-12-18-19(21)4-3-5-20(18)22-15/h3-5,12,16-17,22H,6-11,13-14H2,1-2H3. The molecule has 2 fully saturated rings. The topological polar surface area (TPSA) is 25.5 Å². The van der Waals surface area contributed by atoms with Gasteiger partial charge in [0, 0.05) is 48.3 Å². The molecule has 3 heterocycles. The lowest BCUT2D eigenvalue weighted by Gasteiger charge is -2.35. The van der Waals surface area contributed by atoms with Gasteiger partial charge in [-0.1, -0.05) is 6.07 Å². The molecule has 136 valence electrons. The molecule has 4 rings (SSSR count). The third-order valence-electron chi connectivity index (χ3n) is 6.11. The van der Waals surface area contributed by atoms with Gasteiger partial charge >= 0.3 is 0 Å². The van der Waals surface area contributed by atoms with Crippen LogP contribution >= 0.6 is 0 Å². The fourth-order valence-electron chi connectivity index (χ4n) is 4.48. The van der Waals surface area contributed by atoms with Crippen molar-refractivity contribution in [1.82, 2.24) is 19.7 Å². The van der Waals surface area contributed by atoms with Gasteiger partial charge in [-0.05, 0) is 64.6 Å². The van der Waals surface area contributed by atoms with Crippen LogP contribution in [0.25, 0.3) is 10.9 Å². The van der Waals surface area contributed by atoms with Gasteiger partial charge in [0.25, 0.3) is 0 Å². The number of fused-ring (bicyclic) bond motifs is 1. The molecule has 1 atom stereocenters. The number of hydrogen-bond donors (Lipinski definition) is 1. The van der Waals surface area contributed by atoms with Crippen molar-refractivity contribution < 1.29 is 4.39 Å². The van der Waals surface area contributed by atoms with E-state index in [-0.39, 0.29) is 5.82 Å². The Labute approximate surface area is 149 Å². The lowest BCUT2D eigenvalue weighted by atomic mass is 10.0. The van der Waals surface area contributed by atoms with Crippen molar-refractivity contribution in [1.29, 1.82) is 0 Å². The fourth-order valence-corrected chi connectivity index (χ4v) is 4.48. The maximum absolute atomic E-state index is 13.9. The number of rotatable bonds is 4. The molecule has 1 aromatic heterocycles. The summed E-state index contributed by atoms with van der Waals surface area (Å²) < 4.78 is 13.9. The molecule has 2 saturated heterocycles. The lowest BCUT2D eigenvalue weighted by molar-refractivity contribution is 0.132. The SMILES string of the molecule is CN1CCC(N2CCC(N(C)Cc3cc4c(F)cccc4[nH]3)C2)CC1. The molecule has 1 unspecified atom stereocenters. The van der Waals surface area contributed by atoms with E-state index >= 15 is 0 Å². The maximum atomic E-state index is 13.9. The zero-order valence-corrected chi connectivity index (χ0v) is 15.3. The van der Waals surface area contributed by atoms with Gasteiger partial charge in [0.15, 0.2) is 0 Å². The highest BCUT2D eigenvalue weighted by atomic mass is 19.1. The Morgan fingerprint density at radius 2 is 2.00 bits per heavy atom. The van der Waals surface area contributed by atoms with Crippen molar-refractivity contribution in [2.45, 2.75) is 37.9 Å². The van der Waals surface area contributed by atoms with Crippen molar-refractivity contribution in [3.63, 3.8) is 0 Å². The number of halogens is 1. The monoisotopic (exact) mass is 344 g/mol. The van der Waals surface area contributed by atoms with Gasteiger partial charge in [-0.3, -0.25) is 9.80 Å². The van der Waals surface area contributed by atoms with E-state index in [0.29, 0.717) is 11.4 Å². The van der Waals surface area contributed by atoms with Crippen LogP contribution < -0.4 is 0 Å². The molecule has 0 bridgehead atoms. The number of likely N-dealkylation sites (tertiary alicyclic amines) is 2. The minimum Gasteiger partial charge on any atom is -0.357 e. The van der Waals surface area contributed by atoms with Gasteiger partial charge < -0.3 is 9.88 Å². The van der Waals surface area contributed by atoms with Crippen molar-refractivity contribution in [2.24, 2.45) is 0 Å². The smallest absolute Gasteiger partial charge is 0.132 e. The van der Waals surface area contributed by atoms with Crippen LogP contribution in [0.15, 0.2) is 24.3 Å². The highest BCUT2D eigenvalue weighted by Crippen LogP contribution is 2.25. The summed E-state index contributed by atoms with van der Waals surface area (Å²) in [7, 11) is 4.42. The van der Waals surface area contributed by atoms with Gasteiger partial charge in [-0.2, -0.15) is 0 Å². The summed E-state index contributed by atoms with van der Waals surface area (Å²) in [6.07, 6.45) is 3.83. The minimum atomic E-state index is -0.142. The highest BCUT2D eigenvalue weighted by Gasteiger charge is 2.31. The first-order valence-electron chi connectivity index (χ1n) is 9.49. The summed E-state index contributed by atoms with van der Waals surface area (Å²) in [5.74, 6) is -0.142. The second-order valence-electron chi connectivity index (χ2n) is 7.88. The number of nitrogens with one attached hydrogen (secondary N) is 1. The Bertz CT molecular complexity index is 720. The van der Waals surface area contributed by atoms with Crippen molar-refractivity contribution >= 4 is 10.9 Å². The quantitative estimate of drug-likeness (QED) is 0.923. The van der Waals surface area contributed by atoms with Gasteiger partial charge in [0.2, 0.25) is 0 Å². The molecular weight excluding hydrogens is 315 g/mol. The second-order valence-corrected chi connectivity index (χ2v) is 7.88. The first-order valence-corrected chi connectivity index (χ1v) is 9.49. The van der Waals surface area contributed by atoms with E-state index in [1.54, 1.807) is 6.07 Å². The van der Waals surface area contributed by atoms with E-state index in [1.165, 1.54) is 51.5 Å². The van der Waals surface area contributed by atoms with Crippen LogP contribution in [0.4, 0.5) is 4.39 Å². The van der Waals surface area contributed by atoms with Crippen LogP contribution in [-0.2, 0) is 6.54 Å². The fraction of sp³-hybridized carbons (Fsp3) is 0.600. The van der Waals surface area contributed by atoms with Crippen LogP contribution in [-0.4, -0.2) is 72.0 Å². The second kappa shape index (κ2) is 7.06. The third-order valence-corrected chi connectivity index (χ3v) is 6.11. The molecule has 2 aliphatic rings. The lowest BCUT2D eigenvalue weighted by Crippen LogP contribution is -2.44. The summed E-state index contributed by atoms with van der Waals surface area (Å²) >= 11 is 0. The number of aromatic amines is 1. The zero-order chi connectivity index (χ0) is 17.4. The molecule has 5 heteroatoms. The van der Waals surface area contributed by atoms with Gasteiger partial charge in [0.1, 0.15) is 5.82 Å². The first kappa shape index (κ1) is 17.0. The van der Waals surface area contributed by atoms with Crippen LogP contribution in [0.1, 0.15) is 25.0 Å². The molecule has 0 aliphatic carbocycles. The number of aromatic nitrogens is 1. The Morgan fingerprint density at radius 3 is 2.76 bits per heavy atom. The molecule has 0 spiro atoms. The van der Waals surface area contributed by atoms with E-state index in [2.05, 4.69) is 33.8 Å². The normalized spacial score (nSPS) is 23.9. The van der Waals surface area contributed by atoms with Gasteiger partial charge in [0.05, 0.1) is 0 Å². The Balaban J connectivity index is 1.36. The van der Waals surface area contributed by atoms with Crippen molar-refractivity contribution in [2.75, 3.05) is 40.3 Å². The summed E-state index contributed by atoms with van der Waals surface area (Å²) in [6, 6.07) is 8.55. The molecule has 0 saturated carbocycles. The van der Waals surface area contributed by atoms with Crippen LogP contribution in [0.5, 0.6) is 0 Å². The summed E-state index contributed by atoms with van der Waals surface area (Å²) in [5, 5.41) is 0.699. The Morgan fingerprint density at radius 1 is 1.20 bits per heavy atom. The molecule has 2 aliphatic heterocycles. The highest BCUT2D eigenvalue weighted by molar-refractivity contribution is 5.80. The van der Waals surface area contributed by atoms with E-state index in [0.717, 1.165) is 23.8 Å². The van der Waals surface area contributed by atoms with Crippen LogP contribution in [0.2, 0.25) is 0 Å². The molecule has 2 aromatic rings. The van der Waals surface area contributed by atoms with E-state index in [1.807, 2.05) is 12.1 Å². The van der Waals surface area contributed by atoms with Gasteiger partial charge in [-0.15, -0.1) is 0 Å². The number of hydrogen-bond acceptors (Lipinski definition) is 3. The van der Waals surface area contributed by atoms with Crippen LogP contribution in [0.3, 0.4) is 0 Å². The predicted molar refractivity (Wildman–Crippen MR) is 100 cm³/mol. The summed E-state index contributed by atoms with van der Waals surface area (Å²) in [5.41, 5.74) is 1.99. The third kappa shape index (κ3) is 3.59. The molecule has 25 heavy (non-hydrogen) atoms. The van der Waals surface area contributed by atoms with E-state index in [4.69, 9.17) is 0 Å². The molecular formula is C20H29FN4. The first-order chi connectivity index (χ1) is 12.1. The molecule has 4 nitrogen and oxygen atoms in total. The minimum absolute atomic E-state index is 0.142. The van der Waals surface area contributed by atoms with Crippen molar-refractivity contribution in [3.8, 4) is 0 Å². The number of H-pyrrole nitrogens is 1. The number of likely N-dealkylation sites (N-methyl/N-ethyl adjacent to an activating group) is 1. The average molecular weight is 344 g/mol. The van der Waals surface area contributed by atoms with E-state index < -0.39 is 0 Å². The number of benzene rings is 1. The zero-order valence-electron chi connectivity index (χ0n) is 15.3. The van der Waals surface area contributed by atoms with Crippen LogP contribution in [0, 0.1) is 5.82 Å². The molecule has 0 amide bonds. The summed E-state index contributed by atoms with van der Waals surface area (Å²) in [6.45, 7) is 5.68. The Hall–Kier alpha value is -1.43. The Kier molecular flexibility index (Phi) is 4.80. The number of piperidine rings is 1. The average Bonchev–Trinajstić information content (AvgIpc) is 3.23. The molecule has 1 aromatic carbocycles. The largest absolute Gasteiger partial charge is 0.357 e. The summed E-state index contributed by atoms with van der Waals surface area (Å²) in [4.78, 5) is 10.9. The number of nitrogens with zero attached hydrogens (tertiary/aromatic N) is 3. The molecule has 1 N–H and O–H groups in total. The van der Waals surface area contributed by atoms with Gasteiger partial charge in [-0.25, -0.2) is 4.39 Å². The maximum Gasteiger partial charge on any atom is 0.132 e.